The van der Waals surface area contributed by atoms with Gasteiger partial charge in [0.25, 0.3) is 0 Å². The van der Waals surface area contributed by atoms with E-state index in [1.807, 2.05) is 0 Å². The monoisotopic (exact) mass is 307 g/mol. The van der Waals surface area contributed by atoms with Crippen molar-refractivity contribution in [2.24, 2.45) is 0 Å². The second-order valence-electron chi connectivity index (χ2n) is 5.15. The number of thioether (sulfide) groups is 1. The first-order valence-corrected chi connectivity index (χ1v) is 8.15. The molecule has 0 aromatic heterocycles. The number of ether oxygens (including phenoxy) is 1. The number of nitrogens with zero attached hydrogens (tertiary/aromatic N) is 1. The van der Waals surface area contributed by atoms with Gasteiger partial charge in [0.1, 0.15) is 12.2 Å². The van der Waals surface area contributed by atoms with Gasteiger partial charge in [-0.05, 0) is 30.7 Å². The van der Waals surface area contributed by atoms with Gasteiger partial charge in [-0.25, -0.2) is 4.79 Å². The zero-order valence-corrected chi connectivity index (χ0v) is 12.4. The molecule has 1 N–H and O–H groups in total. The third kappa shape index (κ3) is 2.72. The summed E-state index contributed by atoms with van der Waals surface area (Å²) in [6, 6.07) is 4.92. The number of fused-ring (bicyclic) bond motifs is 1. The fourth-order valence-electron chi connectivity index (χ4n) is 2.76. The lowest BCUT2D eigenvalue weighted by Gasteiger charge is -2.33. The predicted molar refractivity (Wildman–Crippen MR) is 81.3 cm³/mol. The van der Waals surface area contributed by atoms with Crippen molar-refractivity contribution in [3.05, 3.63) is 23.8 Å². The van der Waals surface area contributed by atoms with Gasteiger partial charge in [-0.15, -0.1) is 11.8 Å². The number of hydrogen-bond acceptors (Lipinski definition) is 4. The van der Waals surface area contributed by atoms with Gasteiger partial charge in [0.15, 0.2) is 5.75 Å². The molecular formula is C15H17NO4S. The minimum absolute atomic E-state index is 0.0156. The Balaban J connectivity index is 1.91. The number of rotatable bonds is 2. The van der Waals surface area contributed by atoms with Crippen molar-refractivity contribution in [3.8, 4) is 5.75 Å². The van der Waals surface area contributed by atoms with Crippen molar-refractivity contribution >= 4 is 29.3 Å². The van der Waals surface area contributed by atoms with Crippen LogP contribution in [0.1, 0.15) is 29.6 Å². The van der Waals surface area contributed by atoms with E-state index in [9.17, 15) is 14.7 Å². The largest absolute Gasteiger partial charge is 0.489 e. The Labute approximate surface area is 127 Å². The normalized spacial score (nSPS) is 21.3. The summed E-state index contributed by atoms with van der Waals surface area (Å²) >= 11 is 1.70. The van der Waals surface area contributed by atoms with Gasteiger partial charge in [-0.1, -0.05) is 12.5 Å². The summed E-state index contributed by atoms with van der Waals surface area (Å²) in [4.78, 5) is 25.7. The van der Waals surface area contributed by atoms with E-state index in [1.165, 1.54) is 6.07 Å². The van der Waals surface area contributed by atoms with Gasteiger partial charge in [-0.2, -0.15) is 0 Å². The average molecular weight is 307 g/mol. The molecule has 0 radical (unpaired) electrons. The summed E-state index contributed by atoms with van der Waals surface area (Å²) in [5.74, 6) is 0.369. The molecule has 112 valence electrons. The van der Waals surface area contributed by atoms with E-state index in [2.05, 4.69) is 0 Å². The molecule has 0 aliphatic carbocycles. The second kappa shape index (κ2) is 5.97. The van der Waals surface area contributed by atoms with Gasteiger partial charge in [0, 0.05) is 0 Å². The Bertz CT molecular complexity index is 569. The Morgan fingerprint density at radius 1 is 1.33 bits per heavy atom. The summed E-state index contributed by atoms with van der Waals surface area (Å²) < 4.78 is 5.50. The lowest BCUT2D eigenvalue weighted by Crippen LogP contribution is -2.43. The first kappa shape index (κ1) is 14.3. The van der Waals surface area contributed by atoms with Crippen molar-refractivity contribution in [1.82, 2.24) is 0 Å². The zero-order chi connectivity index (χ0) is 14.8. The maximum Gasteiger partial charge on any atom is 0.339 e. The first-order chi connectivity index (χ1) is 10.2. The molecule has 1 aromatic rings. The second-order valence-corrected chi connectivity index (χ2v) is 6.46. The quantitative estimate of drug-likeness (QED) is 0.908. The summed E-state index contributed by atoms with van der Waals surface area (Å²) in [7, 11) is 0. The lowest BCUT2D eigenvalue weighted by atomic mass is 10.1. The van der Waals surface area contributed by atoms with Crippen LogP contribution in [0.3, 0.4) is 0 Å². The van der Waals surface area contributed by atoms with E-state index in [1.54, 1.807) is 28.8 Å². The Hall–Kier alpha value is -1.69. The number of carboxylic acid groups (broad SMARTS) is 1. The molecule has 2 heterocycles. The number of hydrogen-bond donors (Lipinski definition) is 1. The number of carbonyl (C=O) groups excluding carboxylic acids is 1. The van der Waals surface area contributed by atoms with Crippen LogP contribution >= 0.6 is 11.8 Å². The van der Waals surface area contributed by atoms with Crippen LogP contribution < -0.4 is 9.64 Å². The van der Waals surface area contributed by atoms with Gasteiger partial charge < -0.3 is 14.7 Å². The van der Waals surface area contributed by atoms with Crippen LogP contribution in [0.25, 0.3) is 0 Å². The van der Waals surface area contributed by atoms with E-state index in [0.29, 0.717) is 24.6 Å². The molecule has 2 aliphatic rings. The van der Waals surface area contributed by atoms with E-state index in [4.69, 9.17) is 4.74 Å². The molecule has 2 aliphatic heterocycles. The molecule has 1 saturated heterocycles. The van der Waals surface area contributed by atoms with Crippen LogP contribution in [-0.2, 0) is 4.79 Å². The molecule has 1 fully saturated rings. The molecule has 0 spiro atoms. The molecule has 1 aromatic carbocycles. The average Bonchev–Trinajstić information content (AvgIpc) is 2.53. The molecule has 21 heavy (non-hydrogen) atoms. The molecule has 6 heteroatoms. The highest BCUT2D eigenvalue weighted by atomic mass is 32.2. The minimum atomic E-state index is -1.03. The third-order valence-electron chi connectivity index (χ3n) is 3.80. The van der Waals surface area contributed by atoms with Crippen LogP contribution in [0.5, 0.6) is 5.75 Å². The van der Waals surface area contributed by atoms with Crippen LogP contribution in [-0.4, -0.2) is 41.1 Å². The summed E-state index contributed by atoms with van der Waals surface area (Å²) in [5, 5.41) is 9.21. The lowest BCUT2D eigenvalue weighted by molar-refractivity contribution is -0.118. The Morgan fingerprint density at radius 2 is 2.19 bits per heavy atom. The number of para-hydroxylation sites is 1. The van der Waals surface area contributed by atoms with Gasteiger partial charge in [0.2, 0.25) is 5.91 Å². The highest BCUT2D eigenvalue weighted by molar-refractivity contribution is 8.00. The fraction of sp³-hybridized carbons (Fsp3) is 0.467. The van der Waals surface area contributed by atoms with E-state index >= 15 is 0 Å². The maximum atomic E-state index is 12.7. The van der Waals surface area contributed by atoms with E-state index < -0.39 is 5.97 Å². The van der Waals surface area contributed by atoms with Crippen LogP contribution in [0.4, 0.5) is 5.69 Å². The molecule has 1 amide bonds. The fourth-order valence-corrected chi connectivity index (χ4v) is 4.01. The number of carbonyl (C=O) groups is 2. The predicted octanol–water partition coefficient (Wildman–Crippen LogP) is 2.40. The van der Waals surface area contributed by atoms with Crippen LogP contribution in [0.2, 0.25) is 0 Å². The molecule has 0 bridgehead atoms. The molecule has 1 atom stereocenters. The number of benzene rings is 1. The van der Waals surface area contributed by atoms with E-state index in [-0.39, 0.29) is 16.7 Å². The number of aromatic carboxylic acids is 1. The zero-order valence-electron chi connectivity index (χ0n) is 11.6. The standard InChI is InChI=1S/C15H17NO4S/c17-14(12-6-1-2-9-21-12)16-7-8-20-13-10(15(18)19)4-3-5-11(13)16/h3-5,12H,1-2,6-9H2,(H,18,19). The van der Waals surface area contributed by atoms with E-state index in [0.717, 1.165) is 25.0 Å². The van der Waals surface area contributed by atoms with Gasteiger partial charge in [-0.3, -0.25) is 4.79 Å². The summed E-state index contributed by atoms with van der Waals surface area (Å²) in [6.07, 6.45) is 3.14. The molecule has 5 nitrogen and oxygen atoms in total. The van der Waals surface area contributed by atoms with Crippen molar-refractivity contribution in [3.63, 3.8) is 0 Å². The van der Waals surface area contributed by atoms with Gasteiger partial charge >= 0.3 is 5.97 Å². The molecule has 1 unspecified atom stereocenters. The molecular weight excluding hydrogens is 290 g/mol. The van der Waals surface area contributed by atoms with Crippen molar-refractivity contribution in [1.29, 1.82) is 0 Å². The van der Waals surface area contributed by atoms with Crippen molar-refractivity contribution in [2.45, 2.75) is 24.5 Å². The highest BCUT2D eigenvalue weighted by Crippen LogP contribution is 2.37. The topological polar surface area (TPSA) is 66.8 Å². The number of anilines is 1. The molecule has 0 saturated carbocycles. The minimum Gasteiger partial charge on any atom is -0.489 e. The SMILES string of the molecule is O=C(O)c1cccc2c1OCCN2C(=O)C1CCCCS1. The number of amides is 1. The van der Waals surface area contributed by atoms with Crippen molar-refractivity contribution in [2.75, 3.05) is 23.8 Å². The smallest absolute Gasteiger partial charge is 0.339 e. The Kier molecular flexibility index (Phi) is 4.05. The maximum absolute atomic E-state index is 12.7. The van der Waals surface area contributed by atoms with Crippen LogP contribution in [0, 0.1) is 0 Å². The number of carboxylic acids is 1. The Morgan fingerprint density at radius 3 is 2.90 bits per heavy atom. The summed E-state index contributed by atoms with van der Waals surface area (Å²) in [5.41, 5.74) is 0.693. The summed E-state index contributed by atoms with van der Waals surface area (Å²) in [6.45, 7) is 0.812. The first-order valence-electron chi connectivity index (χ1n) is 7.10. The third-order valence-corrected chi connectivity index (χ3v) is 5.16. The molecule has 3 rings (SSSR count). The van der Waals surface area contributed by atoms with Crippen LogP contribution in [0.15, 0.2) is 18.2 Å². The van der Waals surface area contributed by atoms with Gasteiger partial charge in [0.05, 0.1) is 17.5 Å². The highest BCUT2D eigenvalue weighted by Gasteiger charge is 2.32. The van der Waals surface area contributed by atoms with Crippen molar-refractivity contribution < 1.29 is 19.4 Å².